The summed E-state index contributed by atoms with van der Waals surface area (Å²) < 4.78 is 15.8. The molecule has 29 heavy (non-hydrogen) atoms. The number of ether oxygens (including phenoxy) is 3. The Hall–Kier alpha value is -1.63. The molecule has 0 heterocycles. The van der Waals surface area contributed by atoms with Crippen LogP contribution in [0.5, 0.6) is 0 Å². The molecule has 0 spiro atoms. The van der Waals surface area contributed by atoms with Gasteiger partial charge >= 0.3 is 12.1 Å². The van der Waals surface area contributed by atoms with Crippen molar-refractivity contribution in [1.82, 2.24) is 5.32 Å². The first-order chi connectivity index (χ1) is 12.9. The van der Waals surface area contributed by atoms with E-state index in [1.54, 1.807) is 20.8 Å². The lowest BCUT2D eigenvalue weighted by Gasteiger charge is -2.32. The van der Waals surface area contributed by atoms with Crippen molar-refractivity contribution in [3.8, 4) is 0 Å². The molecule has 7 heteroatoms. The number of esters is 1. The van der Waals surface area contributed by atoms with Crippen LogP contribution in [0.4, 0.5) is 4.79 Å². The third-order valence-corrected chi connectivity index (χ3v) is 4.17. The minimum atomic E-state index is -0.640. The number of carbonyl (C=O) groups excluding carboxylic acids is 3. The molecule has 7 nitrogen and oxygen atoms in total. The molecule has 0 aliphatic heterocycles. The average molecular weight is 416 g/mol. The number of hydrogen-bond donors (Lipinski definition) is 1. The fourth-order valence-electron chi connectivity index (χ4n) is 2.58. The number of Topliss-reactive ketones (excluding diaryl/α,β-unsaturated/α-hetero) is 1. The number of amides is 1. The third kappa shape index (κ3) is 13.3. The lowest BCUT2D eigenvalue weighted by molar-refractivity contribution is -0.151. The van der Waals surface area contributed by atoms with E-state index in [2.05, 4.69) is 5.32 Å². The highest BCUT2D eigenvalue weighted by atomic mass is 16.6. The maximum Gasteiger partial charge on any atom is 0.407 e. The van der Waals surface area contributed by atoms with E-state index < -0.39 is 29.2 Å². The summed E-state index contributed by atoms with van der Waals surface area (Å²) in [6, 6.07) is -0.247. The van der Waals surface area contributed by atoms with Crippen molar-refractivity contribution in [3.63, 3.8) is 0 Å². The Bertz CT molecular complexity index is 551. The molecule has 0 rings (SSSR count). The van der Waals surface area contributed by atoms with Crippen molar-refractivity contribution in [1.29, 1.82) is 0 Å². The topological polar surface area (TPSA) is 90.9 Å². The second kappa shape index (κ2) is 11.0. The zero-order valence-corrected chi connectivity index (χ0v) is 19.9. The normalized spacial score (nSPS) is 14.7. The summed E-state index contributed by atoms with van der Waals surface area (Å²) >= 11 is 0. The van der Waals surface area contributed by atoms with Crippen LogP contribution in [0.25, 0.3) is 0 Å². The molecule has 0 unspecified atom stereocenters. The lowest BCUT2D eigenvalue weighted by atomic mass is 9.83. The quantitative estimate of drug-likeness (QED) is 0.566. The van der Waals surface area contributed by atoms with Gasteiger partial charge < -0.3 is 19.5 Å². The Morgan fingerprint density at radius 3 is 1.86 bits per heavy atom. The van der Waals surface area contributed by atoms with Crippen molar-refractivity contribution < 1.29 is 28.6 Å². The maximum atomic E-state index is 12.5. The number of alkyl carbamates (subject to hydrolysis) is 1. The van der Waals surface area contributed by atoms with Gasteiger partial charge in [-0.25, -0.2) is 4.79 Å². The molecule has 0 aromatic heterocycles. The summed E-state index contributed by atoms with van der Waals surface area (Å²) in [7, 11) is 1.30. The monoisotopic (exact) mass is 415 g/mol. The molecule has 0 fully saturated rings. The van der Waals surface area contributed by atoms with Crippen molar-refractivity contribution in [2.24, 2.45) is 11.3 Å². The first-order valence-corrected chi connectivity index (χ1v) is 10.2. The summed E-state index contributed by atoms with van der Waals surface area (Å²) in [5.41, 5.74) is -1.26. The molecule has 0 saturated carbocycles. The van der Waals surface area contributed by atoms with Gasteiger partial charge in [0.25, 0.3) is 0 Å². The summed E-state index contributed by atoms with van der Waals surface area (Å²) in [6.45, 7) is 17.2. The lowest BCUT2D eigenvalue weighted by Crippen LogP contribution is -2.46. The minimum Gasteiger partial charge on any atom is -0.469 e. The van der Waals surface area contributed by atoms with Crippen molar-refractivity contribution in [2.45, 2.75) is 98.8 Å². The van der Waals surface area contributed by atoms with Gasteiger partial charge in [-0.3, -0.25) is 9.59 Å². The van der Waals surface area contributed by atoms with Crippen LogP contribution in [0.3, 0.4) is 0 Å². The smallest absolute Gasteiger partial charge is 0.407 e. The van der Waals surface area contributed by atoms with Crippen LogP contribution in [0.2, 0.25) is 0 Å². The first kappa shape index (κ1) is 27.4. The number of rotatable bonds is 9. The van der Waals surface area contributed by atoms with Crippen molar-refractivity contribution >= 4 is 17.8 Å². The molecule has 1 amide bonds. The molecular weight excluding hydrogens is 374 g/mol. The second-order valence-electron chi connectivity index (χ2n) is 10.5. The highest BCUT2D eigenvalue weighted by Crippen LogP contribution is 2.24. The third-order valence-electron chi connectivity index (χ3n) is 4.17. The zero-order chi connectivity index (χ0) is 23.0. The van der Waals surface area contributed by atoms with Gasteiger partial charge in [0, 0.05) is 18.9 Å². The van der Waals surface area contributed by atoms with E-state index in [4.69, 9.17) is 14.2 Å². The zero-order valence-electron chi connectivity index (χ0n) is 19.9. The standard InChI is InChI=1S/C22H41NO6/c1-20(2,3)17(23-19(26)29-22(7,8)9)12-11-16(24)13-15(18(25)27-10)14-28-21(4,5)6/h15,17H,11-14H2,1-10H3,(H,23,26)/t15-,17-/m0/s1. The fourth-order valence-corrected chi connectivity index (χ4v) is 2.58. The first-order valence-electron chi connectivity index (χ1n) is 10.2. The minimum absolute atomic E-state index is 0.0477. The van der Waals surface area contributed by atoms with Crippen LogP contribution < -0.4 is 5.32 Å². The largest absolute Gasteiger partial charge is 0.469 e. The van der Waals surface area contributed by atoms with Crippen LogP contribution in [-0.2, 0) is 23.8 Å². The summed E-state index contributed by atoms with van der Waals surface area (Å²) in [5.74, 6) is -1.17. The Morgan fingerprint density at radius 2 is 1.45 bits per heavy atom. The van der Waals surface area contributed by atoms with E-state index in [1.807, 2.05) is 41.5 Å². The van der Waals surface area contributed by atoms with Gasteiger partial charge in [-0.2, -0.15) is 0 Å². The maximum absolute atomic E-state index is 12.5. The van der Waals surface area contributed by atoms with Crippen LogP contribution in [-0.4, -0.2) is 48.8 Å². The van der Waals surface area contributed by atoms with Crippen LogP contribution >= 0.6 is 0 Å². The molecule has 0 aromatic carbocycles. The van der Waals surface area contributed by atoms with Gasteiger partial charge in [-0.15, -0.1) is 0 Å². The van der Waals surface area contributed by atoms with Gasteiger partial charge in [-0.05, 0) is 53.4 Å². The number of methoxy groups -OCH3 is 1. The fraction of sp³-hybridized carbons (Fsp3) is 0.864. The van der Waals surface area contributed by atoms with Crippen LogP contribution in [0.1, 0.15) is 81.6 Å². The molecule has 0 bridgehead atoms. The summed E-state index contributed by atoms with van der Waals surface area (Å²) in [4.78, 5) is 36.7. The highest BCUT2D eigenvalue weighted by Gasteiger charge is 2.30. The van der Waals surface area contributed by atoms with Crippen LogP contribution in [0, 0.1) is 11.3 Å². The van der Waals surface area contributed by atoms with E-state index in [1.165, 1.54) is 7.11 Å². The van der Waals surface area contributed by atoms with E-state index >= 15 is 0 Å². The molecule has 0 aliphatic carbocycles. The molecule has 0 aromatic rings. The molecule has 2 atom stereocenters. The predicted molar refractivity (Wildman–Crippen MR) is 113 cm³/mol. The number of carbonyl (C=O) groups is 3. The van der Waals surface area contributed by atoms with Gasteiger partial charge in [-0.1, -0.05) is 20.8 Å². The molecule has 0 radical (unpaired) electrons. The molecule has 170 valence electrons. The van der Waals surface area contributed by atoms with Gasteiger partial charge in [0.15, 0.2) is 0 Å². The highest BCUT2D eigenvalue weighted by molar-refractivity contribution is 5.84. The number of ketones is 1. The molecular formula is C22H41NO6. The number of hydrogen-bond acceptors (Lipinski definition) is 6. The summed E-state index contributed by atoms with van der Waals surface area (Å²) in [6.07, 6.45) is 0.235. The van der Waals surface area contributed by atoms with E-state index in [0.29, 0.717) is 6.42 Å². The van der Waals surface area contributed by atoms with E-state index in [-0.39, 0.29) is 36.7 Å². The van der Waals surface area contributed by atoms with Gasteiger partial charge in [0.1, 0.15) is 11.4 Å². The van der Waals surface area contributed by atoms with Gasteiger partial charge in [0.2, 0.25) is 0 Å². The van der Waals surface area contributed by atoms with Crippen molar-refractivity contribution in [2.75, 3.05) is 13.7 Å². The van der Waals surface area contributed by atoms with E-state index in [0.717, 1.165) is 0 Å². The van der Waals surface area contributed by atoms with Gasteiger partial charge in [0.05, 0.1) is 25.2 Å². The van der Waals surface area contributed by atoms with E-state index in [9.17, 15) is 14.4 Å². The molecule has 0 saturated heterocycles. The number of nitrogens with one attached hydrogen (secondary N) is 1. The Morgan fingerprint density at radius 1 is 0.897 bits per heavy atom. The Kier molecular flexibility index (Phi) is 10.3. The SMILES string of the molecule is COC(=O)[C@H](COC(C)(C)C)CC(=O)CC[C@H](NC(=O)OC(C)(C)C)C(C)(C)C. The Balaban J connectivity index is 4.90. The summed E-state index contributed by atoms with van der Waals surface area (Å²) in [5, 5.41) is 2.87. The molecule has 1 N–H and O–H groups in total. The predicted octanol–water partition coefficient (Wildman–Crippen LogP) is 4.27. The molecule has 0 aliphatic rings. The van der Waals surface area contributed by atoms with Crippen LogP contribution in [0.15, 0.2) is 0 Å². The second-order valence-corrected chi connectivity index (χ2v) is 10.5. The average Bonchev–Trinajstić information content (AvgIpc) is 2.50. The Labute approximate surface area is 176 Å². The van der Waals surface area contributed by atoms with Crippen molar-refractivity contribution in [3.05, 3.63) is 0 Å².